The molecule has 0 aliphatic carbocycles. The minimum Gasteiger partial charge on any atom is -0.351 e. The number of hydrogen-bond acceptors (Lipinski definition) is 4. The highest BCUT2D eigenvalue weighted by Crippen LogP contribution is 2.28. The number of carbonyl (C=O) groups is 1. The van der Waals surface area contributed by atoms with Crippen LogP contribution >= 0.6 is 11.8 Å². The van der Waals surface area contributed by atoms with E-state index in [0.29, 0.717) is 5.16 Å². The SMILES string of the molecule is Cc1ccc(-n2c(SCC(=O)NC(C)(C)C)nnc2-c2ccccc2)cc1. The normalized spacial score (nSPS) is 11.4. The van der Waals surface area contributed by atoms with Gasteiger partial charge in [0, 0.05) is 16.8 Å². The summed E-state index contributed by atoms with van der Waals surface area (Å²) in [5, 5.41) is 12.4. The molecular formula is C21H24N4OS. The zero-order valence-electron chi connectivity index (χ0n) is 16.1. The Kier molecular flexibility index (Phi) is 5.65. The van der Waals surface area contributed by atoms with E-state index >= 15 is 0 Å². The first kappa shape index (κ1) is 19.2. The molecule has 140 valence electrons. The van der Waals surface area contributed by atoms with E-state index in [9.17, 15) is 4.79 Å². The molecular weight excluding hydrogens is 356 g/mol. The topological polar surface area (TPSA) is 59.8 Å². The number of rotatable bonds is 5. The molecule has 1 aromatic heterocycles. The van der Waals surface area contributed by atoms with Crippen LogP contribution in [0, 0.1) is 6.92 Å². The van der Waals surface area contributed by atoms with Crippen molar-refractivity contribution >= 4 is 17.7 Å². The van der Waals surface area contributed by atoms with Crippen LogP contribution in [0.5, 0.6) is 0 Å². The van der Waals surface area contributed by atoms with Gasteiger partial charge in [0.15, 0.2) is 11.0 Å². The highest BCUT2D eigenvalue weighted by Gasteiger charge is 2.19. The second-order valence-electron chi connectivity index (χ2n) is 7.43. The maximum Gasteiger partial charge on any atom is 0.230 e. The van der Waals surface area contributed by atoms with Crippen molar-refractivity contribution in [1.29, 1.82) is 0 Å². The number of nitrogens with one attached hydrogen (secondary N) is 1. The number of benzene rings is 2. The van der Waals surface area contributed by atoms with Gasteiger partial charge >= 0.3 is 0 Å². The summed E-state index contributed by atoms with van der Waals surface area (Å²) in [6.07, 6.45) is 0. The predicted octanol–water partition coefficient (Wildman–Crippen LogP) is 4.25. The number of thioether (sulfide) groups is 1. The van der Waals surface area contributed by atoms with Gasteiger partial charge in [-0.15, -0.1) is 10.2 Å². The van der Waals surface area contributed by atoms with E-state index < -0.39 is 0 Å². The van der Waals surface area contributed by atoms with Crippen LogP contribution in [0.25, 0.3) is 17.1 Å². The molecule has 1 heterocycles. The maximum absolute atomic E-state index is 12.2. The van der Waals surface area contributed by atoms with Crippen LogP contribution in [0.1, 0.15) is 26.3 Å². The molecule has 0 atom stereocenters. The molecule has 1 N–H and O–H groups in total. The Morgan fingerprint density at radius 1 is 1.04 bits per heavy atom. The van der Waals surface area contributed by atoms with Crippen molar-refractivity contribution in [2.24, 2.45) is 0 Å². The third-order valence-corrected chi connectivity index (χ3v) is 4.73. The summed E-state index contributed by atoms with van der Waals surface area (Å²) in [4.78, 5) is 12.2. The zero-order chi connectivity index (χ0) is 19.4. The van der Waals surface area contributed by atoms with Crippen molar-refractivity contribution in [3.05, 3.63) is 60.2 Å². The third-order valence-electron chi connectivity index (χ3n) is 3.80. The summed E-state index contributed by atoms with van der Waals surface area (Å²) in [5.74, 6) is 1.03. The van der Waals surface area contributed by atoms with Crippen LogP contribution < -0.4 is 5.32 Å². The standard InChI is InChI=1S/C21H24N4OS/c1-15-10-12-17(13-11-15)25-19(16-8-6-5-7-9-16)23-24-20(25)27-14-18(26)22-21(2,3)4/h5-13H,14H2,1-4H3,(H,22,26). The lowest BCUT2D eigenvalue weighted by Gasteiger charge is -2.20. The Labute approximate surface area is 164 Å². The van der Waals surface area contributed by atoms with Crippen molar-refractivity contribution in [1.82, 2.24) is 20.1 Å². The molecule has 0 spiro atoms. The first-order valence-corrected chi connectivity index (χ1v) is 9.84. The second kappa shape index (κ2) is 7.96. The van der Waals surface area contributed by atoms with Crippen molar-refractivity contribution in [2.75, 3.05) is 5.75 Å². The highest BCUT2D eigenvalue weighted by atomic mass is 32.2. The van der Waals surface area contributed by atoms with E-state index in [-0.39, 0.29) is 17.2 Å². The lowest BCUT2D eigenvalue weighted by molar-refractivity contribution is -0.119. The molecule has 0 saturated carbocycles. The molecule has 0 radical (unpaired) electrons. The van der Waals surface area contributed by atoms with Gasteiger partial charge in [-0.05, 0) is 39.8 Å². The van der Waals surface area contributed by atoms with Gasteiger partial charge in [0.2, 0.25) is 5.91 Å². The van der Waals surface area contributed by atoms with E-state index in [1.54, 1.807) is 0 Å². The summed E-state index contributed by atoms with van der Waals surface area (Å²) in [7, 11) is 0. The Bertz CT molecular complexity index is 912. The number of amides is 1. The molecule has 3 aromatic rings. The average Bonchev–Trinajstić information content (AvgIpc) is 3.04. The fourth-order valence-electron chi connectivity index (χ4n) is 2.65. The Morgan fingerprint density at radius 2 is 1.70 bits per heavy atom. The lowest BCUT2D eigenvalue weighted by Crippen LogP contribution is -2.41. The molecule has 5 nitrogen and oxygen atoms in total. The number of aryl methyl sites for hydroxylation is 1. The summed E-state index contributed by atoms with van der Waals surface area (Å²) in [5.41, 5.74) is 2.89. The minimum atomic E-state index is -0.253. The average molecular weight is 381 g/mol. The third kappa shape index (κ3) is 4.98. The predicted molar refractivity (Wildman–Crippen MR) is 110 cm³/mol. The van der Waals surface area contributed by atoms with Gasteiger partial charge < -0.3 is 5.32 Å². The van der Waals surface area contributed by atoms with Crippen LogP contribution in [0.15, 0.2) is 59.8 Å². The van der Waals surface area contributed by atoms with Gasteiger partial charge in [-0.2, -0.15) is 0 Å². The summed E-state index contributed by atoms with van der Waals surface area (Å²) >= 11 is 1.39. The molecule has 0 fully saturated rings. The minimum absolute atomic E-state index is 0.0211. The largest absolute Gasteiger partial charge is 0.351 e. The summed E-state index contributed by atoms with van der Waals surface area (Å²) in [6.45, 7) is 7.97. The second-order valence-corrected chi connectivity index (χ2v) is 8.37. The molecule has 0 aliphatic rings. The number of carbonyl (C=O) groups excluding carboxylic acids is 1. The monoisotopic (exact) mass is 380 g/mol. The summed E-state index contributed by atoms with van der Waals surface area (Å²) < 4.78 is 2.00. The molecule has 3 rings (SSSR count). The van der Waals surface area contributed by atoms with Crippen molar-refractivity contribution < 1.29 is 4.79 Å². The molecule has 2 aromatic carbocycles. The molecule has 6 heteroatoms. The van der Waals surface area contributed by atoms with Gasteiger partial charge in [-0.1, -0.05) is 59.8 Å². The molecule has 1 amide bonds. The fourth-order valence-corrected chi connectivity index (χ4v) is 3.40. The van der Waals surface area contributed by atoms with Crippen LogP contribution in [0.2, 0.25) is 0 Å². The lowest BCUT2D eigenvalue weighted by atomic mass is 10.1. The van der Waals surface area contributed by atoms with E-state index in [4.69, 9.17) is 0 Å². The summed E-state index contributed by atoms with van der Waals surface area (Å²) in [6, 6.07) is 18.2. The molecule has 0 saturated heterocycles. The van der Waals surface area contributed by atoms with Crippen LogP contribution in [0.4, 0.5) is 0 Å². The Balaban J connectivity index is 1.93. The molecule has 0 unspecified atom stereocenters. The van der Waals surface area contributed by atoms with E-state index in [1.165, 1.54) is 17.3 Å². The van der Waals surface area contributed by atoms with E-state index in [1.807, 2.05) is 67.8 Å². The van der Waals surface area contributed by atoms with E-state index in [0.717, 1.165) is 17.1 Å². The van der Waals surface area contributed by atoms with Gasteiger partial charge in [0.25, 0.3) is 0 Å². The van der Waals surface area contributed by atoms with Crippen LogP contribution in [-0.4, -0.2) is 32.0 Å². The Hall–Kier alpha value is -2.60. The Morgan fingerprint density at radius 3 is 2.33 bits per heavy atom. The highest BCUT2D eigenvalue weighted by molar-refractivity contribution is 7.99. The van der Waals surface area contributed by atoms with E-state index in [2.05, 4.69) is 34.6 Å². The molecule has 0 aliphatic heterocycles. The first-order chi connectivity index (χ1) is 12.8. The van der Waals surface area contributed by atoms with Crippen LogP contribution in [0.3, 0.4) is 0 Å². The van der Waals surface area contributed by atoms with Gasteiger partial charge in [-0.3, -0.25) is 9.36 Å². The fraction of sp³-hybridized carbons (Fsp3) is 0.286. The molecule has 27 heavy (non-hydrogen) atoms. The number of nitrogens with zero attached hydrogens (tertiary/aromatic N) is 3. The van der Waals surface area contributed by atoms with Crippen molar-refractivity contribution in [3.8, 4) is 17.1 Å². The number of aromatic nitrogens is 3. The molecule has 0 bridgehead atoms. The first-order valence-electron chi connectivity index (χ1n) is 8.85. The van der Waals surface area contributed by atoms with Crippen LogP contribution in [-0.2, 0) is 4.79 Å². The van der Waals surface area contributed by atoms with Gasteiger partial charge in [-0.25, -0.2) is 0 Å². The van der Waals surface area contributed by atoms with Gasteiger partial charge in [0.05, 0.1) is 5.75 Å². The van der Waals surface area contributed by atoms with Gasteiger partial charge in [0.1, 0.15) is 0 Å². The zero-order valence-corrected chi connectivity index (χ0v) is 16.9. The smallest absolute Gasteiger partial charge is 0.230 e. The van der Waals surface area contributed by atoms with Crippen molar-refractivity contribution in [2.45, 2.75) is 38.4 Å². The number of hydrogen-bond donors (Lipinski definition) is 1. The maximum atomic E-state index is 12.2. The quantitative estimate of drug-likeness (QED) is 0.672. The van der Waals surface area contributed by atoms with Crippen molar-refractivity contribution in [3.63, 3.8) is 0 Å².